The van der Waals surface area contributed by atoms with Gasteiger partial charge in [0.05, 0.1) is 12.0 Å². The Labute approximate surface area is 155 Å². The van der Waals surface area contributed by atoms with Gasteiger partial charge in [-0.25, -0.2) is 0 Å². The summed E-state index contributed by atoms with van der Waals surface area (Å²) in [6.07, 6.45) is 3.24. The molecule has 1 unspecified atom stereocenters. The molecule has 4 rings (SSSR count). The first-order chi connectivity index (χ1) is 13.2. The molecular weight excluding hydrogens is 346 g/mol. The maximum Gasteiger partial charge on any atom is 0.256 e. The monoisotopic (exact) mass is 363 g/mol. The van der Waals surface area contributed by atoms with Crippen molar-refractivity contribution in [1.82, 2.24) is 25.3 Å². The summed E-state index contributed by atoms with van der Waals surface area (Å²) in [7, 11) is 0. The number of pyridine rings is 1. The molecule has 2 amide bonds. The van der Waals surface area contributed by atoms with Crippen molar-refractivity contribution in [3.8, 4) is 11.4 Å². The second kappa shape index (κ2) is 7.36. The van der Waals surface area contributed by atoms with Crippen molar-refractivity contribution in [1.29, 1.82) is 0 Å². The summed E-state index contributed by atoms with van der Waals surface area (Å²) >= 11 is 0. The van der Waals surface area contributed by atoms with Crippen molar-refractivity contribution in [3.63, 3.8) is 0 Å². The molecule has 1 atom stereocenters. The van der Waals surface area contributed by atoms with Crippen LogP contribution in [0.2, 0.25) is 0 Å². The van der Waals surface area contributed by atoms with E-state index < -0.39 is 6.04 Å². The van der Waals surface area contributed by atoms with E-state index in [1.807, 2.05) is 30.3 Å². The van der Waals surface area contributed by atoms with E-state index in [-0.39, 0.29) is 18.2 Å². The maximum absolute atomic E-state index is 12.8. The molecule has 27 heavy (non-hydrogen) atoms. The van der Waals surface area contributed by atoms with Crippen molar-refractivity contribution in [2.45, 2.75) is 12.5 Å². The predicted molar refractivity (Wildman–Crippen MR) is 95.5 cm³/mol. The third kappa shape index (κ3) is 3.55. The molecule has 3 aromatic rings. The van der Waals surface area contributed by atoms with E-state index in [9.17, 15) is 9.59 Å². The second-order valence-corrected chi connectivity index (χ2v) is 6.13. The van der Waals surface area contributed by atoms with Gasteiger partial charge in [-0.1, -0.05) is 35.5 Å². The Morgan fingerprint density at radius 3 is 2.85 bits per heavy atom. The molecule has 1 aliphatic rings. The Morgan fingerprint density at radius 1 is 1.22 bits per heavy atom. The average Bonchev–Trinajstić information content (AvgIpc) is 3.19. The van der Waals surface area contributed by atoms with Crippen molar-refractivity contribution in [2.24, 2.45) is 0 Å². The summed E-state index contributed by atoms with van der Waals surface area (Å²) in [5.74, 6) is 0.274. The molecule has 1 N–H and O–H groups in total. The number of carbonyl (C=O) groups is 2. The lowest BCUT2D eigenvalue weighted by Gasteiger charge is -2.34. The van der Waals surface area contributed by atoms with E-state index in [1.165, 1.54) is 11.1 Å². The zero-order valence-electron chi connectivity index (χ0n) is 14.4. The van der Waals surface area contributed by atoms with Crippen LogP contribution in [-0.2, 0) is 11.2 Å². The van der Waals surface area contributed by atoms with E-state index in [2.05, 4.69) is 20.4 Å². The number of hydrogen-bond donors (Lipinski definition) is 1. The van der Waals surface area contributed by atoms with Crippen LogP contribution in [0, 0.1) is 0 Å². The van der Waals surface area contributed by atoms with Gasteiger partial charge in [-0.15, -0.1) is 0 Å². The Kier molecular flexibility index (Phi) is 4.61. The molecule has 0 radical (unpaired) electrons. The number of carbonyl (C=O) groups excluding carboxylic acids is 2. The molecule has 136 valence electrons. The van der Waals surface area contributed by atoms with Crippen LogP contribution in [0.15, 0.2) is 59.4 Å². The fraction of sp³-hybridized carbons (Fsp3) is 0.211. The van der Waals surface area contributed by atoms with E-state index in [1.54, 1.807) is 18.3 Å². The molecule has 2 aromatic heterocycles. The molecular formula is C19H17N5O3. The van der Waals surface area contributed by atoms with E-state index in [0.717, 1.165) is 5.56 Å². The van der Waals surface area contributed by atoms with Gasteiger partial charge in [-0.2, -0.15) is 4.98 Å². The zero-order valence-corrected chi connectivity index (χ0v) is 14.4. The second-order valence-electron chi connectivity index (χ2n) is 6.13. The Morgan fingerprint density at radius 2 is 2.07 bits per heavy atom. The lowest BCUT2D eigenvalue weighted by atomic mass is 10.1. The normalized spacial score (nSPS) is 16.8. The smallest absolute Gasteiger partial charge is 0.256 e. The number of nitrogens with zero attached hydrogens (tertiary/aromatic N) is 4. The molecule has 1 aromatic carbocycles. The van der Waals surface area contributed by atoms with Gasteiger partial charge in [0, 0.05) is 31.0 Å². The summed E-state index contributed by atoms with van der Waals surface area (Å²) in [5, 5.41) is 6.76. The van der Waals surface area contributed by atoms with Gasteiger partial charge >= 0.3 is 0 Å². The topological polar surface area (TPSA) is 101 Å². The van der Waals surface area contributed by atoms with Crippen molar-refractivity contribution in [2.75, 3.05) is 13.1 Å². The minimum absolute atomic E-state index is 0.150. The number of benzene rings is 1. The van der Waals surface area contributed by atoms with Gasteiger partial charge in [0.15, 0.2) is 0 Å². The number of piperazine rings is 1. The molecule has 1 aliphatic heterocycles. The molecule has 0 saturated carbocycles. The highest BCUT2D eigenvalue weighted by Crippen LogP contribution is 2.18. The standard InChI is InChI=1S/C19H17N5O3/c25-18-15(11-16-22-17(23-27-16)13-5-2-1-3-6-13)24(10-9-21-18)19(26)14-7-4-8-20-12-14/h1-8,12,15H,9-11H2,(H,21,25). The van der Waals surface area contributed by atoms with Crippen LogP contribution in [0.4, 0.5) is 0 Å². The lowest BCUT2D eigenvalue weighted by Crippen LogP contribution is -2.58. The summed E-state index contributed by atoms with van der Waals surface area (Å²) in [4.78, 5) is 35.1. The van der Waals surface area contributed by atoms with Gasteiger partial charge in [0.25, 0.3) is 5.91 Å². The molecule has 0 bridgehead atoms. The predicted octanol–water partition coefficient (Wildman–Crippen LogP) is 1.31. The van der Waals surface area contributed by atoms with Crippen LogP contribution in [0.25, 0.3) is 11.4 Å². The first-order valence-electron chi connectivity index (χ1n) is 8.59. The SMILES string of the molecule is O=C1NCCN(C(=O)c2cccnc2)C1Cc1nc(-c2ccccc2)no1. The third-order valence-corrected chi connectivity index (χ3v) is 4.37. The molecule has 1 saturated heterocycles. The summed E-state index contributed by atoms with van der Waals surface area (Å²) in [5.41, 5.74) is 1.26. The lowest BCUT2D eigenvalue weighted by molar-refractivity contribution is -0.127. The zero-order chi connectivity index (χ0) is 18.6. The van der Waals surface area contributed by atoms with Crippen molar-refractivity contribution >= 4 is 11.8 Å². The Hall–Kier alpha value is -3.55. The number of amides is 2. The highest BCUT2D eigenvalue weighted by molar-refractivity contribution is 5.98. The molecule has 0 spiro atoms. The van der Waals surface area contributed by atoms with Crippen LogP contribution >= 0.6 is 0 Å². The minimum Gasteiger partial charge on any atom is -0.353 e. The minimum atomic E-state index is -0.712. The van der Waals surface area contributed by atoms with Crippen molar-refractivity contribution < 1.29 is 14.1 Å². The number of rotatable bonds is 4. The van der Waals surface area contributed by atoms with Gasteiger partial charge in [-0.05, 0) is 12.1 Å². The van der Waals surface area contributed by atoms with Crippen LogP contribution < -0.4 is 5.32 Å². The number of aromatic nitrogens is 3. The van der Waals surface area contributed by atoms with Gasteiger partial charge < -0.3 is 14.7 Å². The van der Waals surface area contributed by atoms with Gasteiger partial charge in [0.2, 0.25) is 17.6 Å². The quantitative estimate of drug-likeness (QED) is 0.750. The van der Waals surface area contributed by atoms with E-state index >= 15 is 0 Å². The Balaban J connectivity index is 1.56. The molecule has 8 nitrogen and oxygen atoms in total. The first-order valence-corrected chi connectivity index (χ1v) is 8.59. The maximum atomic E-state index is 12.8. The highest BCUT2D eigenvalue weighted by atomic mass is 16.5. The van der Waals surface area contributed by atoms with Crippen LogP contribution in [0.3, 0.4) is 0 Å². The largest absolute Gasteiger partial charge is 0.353 e. The fourth-order valence-electron chi connectivity index (χ4n) is 3.02. The summed E-state index contributed by atoms with van der Waals surface area (Å²) in [6, 6.07) is 12.1. The third-order valence-electron chi connectivity index (χ3n) is 4.37. The van der Waals surface area contributed by atoms with Crippen LogP contribution in [0.5, 0.6) is 0 Å². The van der Waals surface area contributed by atoms with Crippen LogP contribution in [0.1, 0.15) is 16.2 Å². The van der Waals surface area contributed by atoms with E-state index in [0.29, 0.717) is 30.4 Å². The Bertz CT molecular complexity index is 942. The van der Waals surface area contributed by atoms with Crippen LogP contribution in [-0.4, -0.2) is 51.0 Å². The summed E-state index contributed by atoms with van der Waals surface area (Å²) < 4.78 is 5.31. The fourth-order valence-corrected chi connectivity index (χ4v) is 3.02. The molecule has 1 fully saturated rings. The molecule has 8 heteroatoms. The van der Waals surface area contributed by atoms with Gasteiger partial charge in [0.1, 0.15) is 6.04 Å². The molecule has 3 heterocycles. The number of nitrogens with one attached hydrogen (secondary N) is 1. The van der Waals surface area contributed by atoms with Crippen molar-refractivity contribution in [3.05, 3.63) is 66.3 Å². The van der Waals surface area contributed by atoms with Gasteiger partial charge in [-0.3, -0.25) is 14.6 Å². The first kappa shape index (κ1) is 16.9. The number of hydrogen-bond acceptors (Lipinski definition) is 6. The highest BCUT2D eigenvalue weighted by Gasteiger charge is 2.35. The average molecular weight is 363 g/mol. The van der Waals surface area contributed by atoms with E-state index in [4.69, 9.17) is 4.52 Å². The molecule has 0 aliphatic carbocycles. The summed E-state index contributed by atoms with van der Waals surface area (Å²) in [6.45, 7) is 0.810.